The van der Waals surface area contributed by atoms with E-state index in [-0.39, 0.29) is 29.9 Å². The fourth-order valence-electron chi connectivity index (χ4n) is 2.44. The highest BCUT2D eigenvalue weighted by molar-refractivity contribution is 14.0. The summed E-state index contributed by atoms with van der Waals surface area (Å²) in [5, 5.41) is 3.95. The Balaban J connectivity index is 0.00000264. The van der Waals surface area contributed by atoms with Crippen molar-refractivity contribution in [2.24, 2.45) is 4.99 Å². The average Bonchev–Trinajstić information content (AvgIpc) is 2.51. The highest BCUT2D eigenvalue weighted by Gasteiger charge is 2.25. The Hall–Kier alpha value is -1.02. The highest BCUT2D eigenvalue weighted by Crippen LogP contribution is 2.13. The molecule has 128 valence electrons. The Morgan fingerprint density at radius 2 is 1.96 bits per heavy atom. The van der Waals surface area contributed by atoms with Crippen molar-refractivity contribution < 1.29 is 4.79 Å². The van der Waals surface area contributed by atoms with E-state index in [0.29, 0.717) is 31.2 Å². The molecule has 0 atom stereocenters. The summed E-state index contributed by atoms with van der Waals surface area (Å²) in [7, 11) is 0. The van der Waals surface area contributed by atoms with Crippen LogP contribution >= 0.6 is 35.6 Å². The SMILES string of the molecule is CCN=C(NCC)N1CCN(Cc2ccc(Cl)cc2)C(=O)C1.I. The topological polar surface area (TPSA) is 47.9 Å². The van der Waals surface area contributed by atoms with Gasteiger partial charge in [0.1, 0.15) is 0 Å². The second-order valence-corrected chi connectivity index (χ2v) is 5.63. The molecule has 1 saturated heterocycles. The van der Waals surface area contributed by atoms with Crippen LogP contribution in [0.25, 0.3) is 0 Å². The van der Waals surface area contributed by atoms with Crippen LogP contribution in [0.3, 0.4) is 0 Å². The Morgan fingerprint density at radius 1 is 1.26 bits per heavy atom. The van der Waals surface area contributed by atoms with Crippen LogP contribution in [0.4, 0.5) is 0 Å². The number of hydrogen-bond donors (Lipinski definition) is 1. The van der Waals surface area contributed by atoms with Crippen LogP contribution in [-0.4, -0.2) is 54.4 Å². The monoisotopic (exact) mass is 450 g/mol. The molecule has 2 rings (SSSR count). The third-order valence-corrected chi connectivity index (χ3v) is 3.80. The predicted octanol–water partition coefficient (Wildman–Crippen LogP) is 2.59. The van der Waals surface area contributed by atoms with Gasteiger partial charge in [0.25, 0.3) is 0 Å². The fourth-order valence-corrected chi connectivity index (χ4v) is 2.57. The first kappa shape index (κ1) is 20.0. The Bertz CT molecular complexity index is 535. The van der Waals surface area contributed by atoms with Gasteiger partial charge in [0.15, 0.2) is 5.96 Å². The molecule has 23 heavy (non-hydrogen) atoms. The molecule has 1 N–H and O–H groups in total. The van der Waals surface area contributed by atoms with Crippen molar-refractivity contribution >= 4 is 47.4 Å². The zero-order chi connectivity index (χ0) is 15.9. The zero-order valence-corrected chi connectivity index (χ0v) is 16.7. The molecule has 0 spiro atoms. The predicted molar refractivity (Wildman–Crippen MR) is 106 cm³/mol. The van der Waals surface area contributed by atoms with Gasteiger partial charge < -0.3 is 15.1 Å². The second-order valence-electron chi connectivity index (χ2n) is 5.19. The van der Waals surface area contributed by atoms with Crippen molar-refractivity contribution in [3.05, 3.63) is 34.9 Å². The number of amides is 1. The second kappa shape index (κ2) is 9.97. The molecule has 0 aromatic heterocycles. The molecular formula is C16H24ClIN4O. The van der Waals surface area contributed by atoms with Gasteiger partial charge >= 0.3 is 0 Å². The first-order chi connectivity index (χ1) is 10.6. The number of hydrogen-bond acceptors (Lipinski definition) is 2. The van der Waals surface area contributed by atoms with E-state index in [4.69, 9.17) is 11.6 Å². The minimum absolute atomic E-state index is 0. The van der Waals surface area contributed by atoms with E-state index in [1.807, 2.05) is 47.9 Å². The van der Waals surface area contributed by atoms with Gasteiger partial charge in [-0.1, -0.05) is 23.7 Å². The summed E-state index contributed by atoms with van der Waals surface area (Å²) >= 11 is 5.89. The van der Waals surface area contributed by atoms with E-state index in [2.05, 4.69) is 10.3 Å². The summed E-state index contributed by atoms with van der Waals surface area (Å²) < 4.78 is 0. The van der Waals surface area contributed by atoms with Crippen LogP contribution in [0, 0.1) is 0 Å². The minimum Gasteiger partial charge on any atom is -0.357 e. The number of piperazine rings is 1. The van der Waals surface area contributed by atoms with E-state index >= 15 is 0 Å². The molecular weight excluding hydrogens is 427 g/mol. The molecule has 0 unspecified atom stereocenters. The van der Waals surface area contributed by atoms with E-state index in [0.717, 1.165) is 24.6 Å². The number of benzene rings is 1. The van der Waals surface area contributed by atoms with E-state index in [1.165, 1.54) is 0 Å². The van der Waals surface area contributed by atoms with Crippen molar-refractivity contribution in [3.63, 3.8) is 0 Å². The number of aliphatic imine (C=N–C) groups is 1. The van der Waals surface area contributed by atoms with Gasteiger partial charge in [0, 0.05) is 37.7 Å². The Morgan fingerprint density at radius 3 is 2.52 bits per heavy atom. The third kappa shape index (κ3) is 5.84. The smallest absolute Gasteiger partial charge is 0.242 e. The molecule has 0 bridgehead atoms. The van der Waals surface area contributed by atoms with Crippen molar-refractivity contribution in [3.8, 4) is 0 Å². The molecule has 5 nitrogen and oxygen atoms in total. The molecule has 1 aliphatic heterocycles. The fraction of sp³-hybridized carbons (Fsp3) is 0.500. The number of rotatable bonds is 4. The molecule has 1 aromatic carbocycles. The number of nitrogens with zero attached hydrogens (tertiary/aromatic N) is 3. The van der Waals surface area contributed by atoms with Crippen molar-refractivity contribution in [1.82, 2.24) is 15.1 Å². The van der Waals surface area contributed by atoms with Crippen molar-refractivity contribution in [1.29, 1.82) is 0 Å². The number of halogens is 2. The minimum atomic E-state index is 0. The van der Waals surface area contributed by atoms with Gasteiger partial charge in [0.2, 0.25) is 5.91 Å². The molecule has 0 radical (unpaired) electrons. The van der Waals surface area contributed by atoms with Crippen molar-refractivity contribution in [2.75, 3.05) is 32.7 Å². The maximum atomic E-state index is 12.4. The summed E-state index contributed by atoms with van der Waals surface area (Å²) in [6.45, 7) is 8.05. The third-order valence-electron chi connectivity index (χ3n) is 3.55. The van der Waals surface area contributed by atoms with E-state index in [9.17, 15) is 4.79 Å². The normalized spacial score (nSPS) is 15.4. The van der Waals surface area contributed by atoms with E-state index < -0.39 is 0 Å². The highest BCUT2D eigenvalue weighted by atomic mass is 127. The van der Waals surface area contributed by atoms with Crippen LogP contribution in [0.2, 0.25) is 5.02 Å². The average molecular weight is 451 g/mol. The molecule has 1 aromatic rings. The lowest BCUT2D eigenvalue weighted by Gasteiger charge is -2.36. The van der Waals surface area contributed by atoms with E-state index in [1.54, 1.807) is 0 Å². The van der Waals surface area contributed by atoms with Crippen LogP contribution in [0.15, 0.2) is 29.3 Å². The Labute approximate surface area is 160 Å². The number of nitrogens with one attached hydrogen (secondary N) is 1. The lowest BCUT2D eigenvalue weighted by molar-refractivity contribution is -0.135. The van der Waals surface area contributed by atoms with Crippen LogP contribution < -0.4 is 5.32 Å². The largest absolute Gasteiger partial charge is 0.357 e. The molecule has 7 heteroatoms. The molecule has 1 heterocycles. The molecule has 1 amide bonds. The van der Waals surface area contributed by atoms with Crippen LogP contribution in [0.5, 0.6) is 0 Å². The number of guanidine groups is 1. The van der Waals surface area contributed by atoms with Crippen LogP contribution in [0.1, 0.15) is 19.4 Å². The maximum Gasteiger partial charge on any atom is 0.242 e. The quantitative estimate of drug-likeness (QED) is 0.436. The number of carbonyl (C=O) groups is 1. The van der Waals surface area contributed by atoms with Gasteiger partial charge in [0.05, 0.1) is 6.54 Å². The first-order valence-electron chi connectivity index (χ1n) is 7.69. The van der Waals surface area contributed by atoms with Crippen molar-refractivity contribution in [2.45, 2.75) is 20.4 Å². The zero-order valence-electron chi connectivity index (χ0n) is 13.6. The van der Waals surface area contributed by atoms with Gasteiger partial charge in [-0.15, -0.1) is 24.0 Å². The summed E-state index contributed by atoms with van der Waals surface area (Å²) in [4.78, 5) is 20.7. The van der Waals surface area contributed by atoms with Gasteiger partial charge in [-0.2, -0.15) is 0 Å². The summed E-state index contributed by atoms with van der Waals surface area (Å²) in [6, 6.07) is 7.64. The molecule has 0 saturated carbocycles. The summed E-state index contributed by atoms with van der Waals surface area (Å²) in [6.07, 6.45) is 0. The summed E-state index contributed by atoms with van der Waals surface area (Å²) in [5.74, 6) is 0.951. The summed E-state index contributed by atoms with van der Waals surface area (Å²) in [5.41, 5.74) is 1.10. The number of carbonyl (C=O) groups excluding carboxylic acids is 1. The van der Waals surface area contributed by atoms with Gasteiger partial charge in [-0.3, -0.25) is 9.79 Å². The van der Waals surface area contributed by atoms with Gasteiger partial charge in [-0.25, -0.2) is 0 Å². The lowest BCUT2D eigenvalue weighted by atomic mass is 10.2. The lowest BCUT2D eigenvalue weighted by Crippen LogP contribution is -2.54. The first-order valence-corrected chi connectivity index (χ1v) is 8.07. The molecule has 1 aliphatic rings. The van der Waals surface area contributed by atoms with Crippen LogP contribution in [-0.2, 0) is 11.3 Å². The Kier molecular flexibility index (Phi) is 8.68. The standard InChI is InChI=1S/C16H23ClN4O.HI/c1-3-18-16(19-4-2)21-10-9-20(15(22)12-21)11-13-5-7-14(17)8-6-13;/h5-8H,3-4,9-12H2,1-2H3,(H,18,19);1H. The molecule has 1 fully saturated rings. The molecule has 0 aliphatic carbocycles. The van der Waals surface area contributed by atoms with Gasteiger partial charge in [-0.05, 0) is 31.5 Å². The maximum absolute atomic E-state index is 12.4.